The van der Waals surface area contributed by atoms with E-state index in [-0.39, 0.29) is 11.7 Å². The SMILES string of the molecule is CSCCCNC(=NCc1ccc([N+](=O)[O-])cc1)NC1CCOc2ccccc21. The van der Waals surface area contributed by atoms with Crippen LogP contribution in [-0.4, -0.2) is 36.0 Å². The molecule has 2 aromatic carbocycles. The van der Waals surface area contributed by atoms with Crippen LogP contribution in [0.2, 0.25) is 0 Å². The van der Waals surface area contributed by atoms with E-state index < -0.39 is 4.92 Å². The second kappa shape index (κ2) is 10.7. The van der Waals surface area contributed by atoms with Gasteiger partial charge >= 0.3 is 0 Å². The highest BCUT2D eigenvalue weighted by atomic mass is 32.2. The van der Waals surface area contributed by atoms with Gasteiger partial charge < -0.3 is 15.4 Å². The zero-order valence-electron chi connectivity index (χ0n) is 16.5. The first-order valence-electron chi connectivity index (χ1n) is 9.66. The summed E-state index contributed by atoms with van der Waals surface area (Å²) in [4.78, 5) is 15.1. The number of fused-ring (bicyclic) bond motifs is 1. The van der Waals surface area contributed by atoms with Crippen molar-refractivity contribution < 1.29 is 9.66 Å². The highest BCUT2D eigenvalue weighted by molar-refractivity contribution is 7.98. The molecule has 0 bridgehead atoms. The summed E-state index contributed by atoms with van der Waals surface area (Å²) < 4.78 is 5.75. The fourth-order valence-electron chi connectivity index (χ4n) is 3.13. The molecule has 1 aliphatic heterocycles. The lowest BCUT2D eigenvalue weighted by atomic mass is 10.0. The van der Waals surface area contributed by atoms with Gasteiger partial charge in [-0.05, 0) is 30.1 Å². The van der Waals surface area contributed by atoms with E-state index in [2.05, 4.69) is 23.0 Å². The van der Waals surface area contributed by atoms with Gasteiger partial charge in [0, 0.05) is 30.7 Å². The number of thioether (sulfide) groups is 1. The van der Waals surface area contributed by atoms with Crippen LogP contribution < -0.4 is 15.4 Å². The molecule has 1 unspecified atom stereocenters. The molecule has 0 amide bonds. The Labute approximate surface area is 175 Å². The van der Waals surface area contributed by atoms with E-state index in [4.69, 9.17) is 9.73 Å². The van der Waals surface area contributed by atoms with E-state index >= 15 is 0 Å². The van der Waals surface area contributed by atoms with Crippen molar-refractivity contribution >= 4 is 23.4 Å². The van der Waals surface area contributed by atoms with Gasteiger partial charge in [0.25, 0.3) is 5.69 Å². The first-order valence-corrected chi connectivity index (χ1v) is 11.1. The normalized spacial score (nSPS) is 15.9. The Morgan fingerprint density at radius 3 is 2.83 bits per heavy atom. The predicted molar refractivity (Wildman–Crippen MR) is 118 cm³/mol. The summed E-state index contributed by atoms with van der Waals surface area (Å²) in [6, 6.07) is 14.7. The van der Waals surface area contributed by atoms with Crippen LogP contribution in [0.5, 0.6) is 5.75 Å². The number of aliphatic imine (C=N–C) groups is 1. The van der Waals surface area contributed by atoms with Gasteiger partial charge in [-0.2, -0.15) is 11.8 Å². The van der Waals surface area contributed by atoms with Gasteiger partial charge in [0.05, 0.1) is 24.1 Å². The topological polar surface area (TPSA) is 88.8 Å². The molecule has 0 spiro atoms. The van der Waals surface area contributed by atoms with Crippen molar-refractivity contribution in [3.63, 3.8) is 0 Å². The Bertz CT molecular complexity index is 842. The first kappa shape index (κ1) is 21.0. The Hall–Kier alpha value is -2.74. The number of hydrogen-bond acceptors (Lipinski definition) is 5. The lowest BCUT2D eigenvalue weighted by molar-refractivity contribution is -0.384. The van der Waals surface area contributed by atoms with Crippen molar-refractivity contribution in [3.8, 4) is 5.75 Å². The average Bonchev–Trinajstić information content (AvgIpc) is 2.75. The van der Waals surface area contributed by atoms with E-state index in [0.29, 0.717) is 13.2 Å². The summed E-state index contributed by atoms with van der Waals surface area (Å²) in [5.74, 6) is 2.74. The van der Waals surface area contributed by atoms with Crippen LogP contribution in [0.1, 0.15) is 30.0 Å². The molecule has 0 aliphatic carbocycles. The number of benzene rings is 2. The Kier molecular flexibility index (Phi) is 7.75. The van der Waals surface area contributed by atoms with Crippen molar-refractivity contribution in [2.24, 2.45) is 4.99 Å². The molecule has 0 radical (unpaired) electrons. The van der Waals surface area contributed by atoms with Crippen molar-refractivity contribution in [3.05, 3.63) is 69.8 Å². The maximum atomic E-state index is 10.8. The maximum absolute atomic E-state index is 10.8. The van der Waals surface area contributed by atoms with Crippen molar-refractivity contribution in [1.82, 2.24) is 10.6 Å². The standard InChI is InChI=1S/C21H26N4O3S/c1-29-14-4-12-22-21(23-15-16-7-9-17(10-8-16)25(26)27)24-19-11-13-28-20-6-3-2-5-18(19)20/h2-3,5-10,19H,4,11-15H2,1H3,(H2,22,23,24). The molecule has 1 aliphatic rings. The van der Waals surface area contributed by atoms with Crippen LogP contribution in [0, 0.1) is 10.1 Å². The van der Waals surface area contributed by atoms with E-state index in [1.54, 1.807) is 12.1 Å². The fourth-order valence-corrected chi connectivity index (χ4v) is 3.56. The van der Waals surface area contributed by atoms with Crippen LogP contribution in [0.3, 0.4) is 0 Å². The fraction of sp³-hybridized carbons (Fsp3) is 0.381. The number of rotatable bonds is 8. The van der Waals surface area contributed by atoms with Gasteiger partial charge in [-0.15, -0.1) is 0 Å². The summed E-state index contributed by atoms with van der Waals surface area (Å²) >= 11 is 1.82. The molecule has 1 atom stereocenters. The van der Waals surface area contributed by atoms with E-state index in [0.717, 1.165) is 48.0 Å². The van der Waals surface area contributed by atoms with Crippen molar-refractivity contribution in [2.75, 3.05) is 25.2 Å². The summed E-state index contributed by atoms with van der Waals surface area (Å²) in [5, 5.41) is 17.8. The second-order valence-electron chi connectivity index (χ2n) is 6.73. The molecule has 29 heavy (non-hydrogen) atoms. The van der Waals surface area contributed by atoms with Gasteiger partial charge in [-0.25, -0.2) is 4.99 Å². The number of nitrogens with one attached hydrogen (secondary N) is 2. The number of nitro benzene ring substituents is 1. The third kappa shape index (κ3) is 6.12. The van der Waals surface area contributed by atoms with Gasteiger partial charge in [0.2, 0.25) is 0 Å². The van der Waals surface area contributed by atoms with Gasteiger partial charge in [-0.3, -0.25) is 10.1 Å². The zero-order valence-corrected chi connectivity index (χ0v) is 17.3. The molecule has 0 saturated heterocycles. The maximum Gasteiger partial charge on any atom is 0.269 e. The van der Waals surface area contributed by atoms with Gasteiger partial charge in [-0.1, -0.05) is 30.3 Å². The minimum atomic E-state index is -0.393. The summed E-state index contributed by atoms with van der Waals surface area (Å²) in [6.45, 7) is 1.94. The van der Waals surface area contributed by atoms with Gasteiger partial charge in [0.1, 0.15) is 5.75 Å². The highest BCUT2D eigenvalue weighted by Crippen LogP contribution is 2.31. The zero-order chi connectivity index (χ0) is 20.5. The molecule has 2 aromatic rings. The summed E-state index contributed by atoms with van der Waals surface area (Å²) in [7, 11) is 0. The molecule has 154 valence electrons. The molecule has 0 fully saturated rings. The molecular weight excluding hydrogens is 388 g/mol. The highest BCUT2D eigenvalue weighted by Gasteiger charge is 2.21. The number of para-hydroxylation sites is 1. The van der Waals surface area contributed by atoms with Crippen LogP contribution in [0.15, 0.2) is 53.5 Å². The quantitative estimate of drug-likeness (QED) is 0.224. The molecule has 0 saturated carbocycles. The lowest BCUT2D eigenvalue weighted by Crippen LogP contribution is -2.41. The molecule has 0 aromatic heterocycles. The number of guanidine groups is 1. The minimum Gasteiger partial charge on any atom is -0.493 e. The third-order valence-corrected chi connectivity index (χ3v) is 5.35. The number of ether oxygens (including phenoxy) is 1. The van der Waals surface area contributed by atoms with Crippen LogP contribution >= 0.6 is 11.8 Å². The van der Waals surface area contributed by atoms with E-state index in [1.807, 2.05) is 30.0 Å². The van der Waals surface area contributed by atoms with E-state index in [9.17, 15) is 10.1 Å². The third-order valence-electron chi connectivity index (χ3n) is 4.65. The van der Waals surface area contributed by atoms with Crippen LogP contribution in [0.25, 0.3) is 0 Å². The average molecular weight is 415 g/mol. The van der Waals surface area contributed by atoms with Gasteiger partial charge in [0.15, 0.2) is 5.96 Å². The largest absolute Gasteiger partial charge is 0.493 e. The molecule has 1 heterocycles. The number of nitrogens with zero attached hydrogens (tertiary/aromatic N) is 2. The Morgan fingerprint density at radius 1 is 1.28 bits per heavy atom. The molecule has 3 rings (SSSR count). The first-order chi connectivity index (χ1) is 14.2. The summed E-state index contributed by atoms with van der Waals surface area (Å²) in [6.07, 6.45) is 4.00. The lowest BCUT2D eigenvalue weighted by Gasteiger charge is -2.28. The van der Waals surface area contributed by atoms with Crippen LogP contribution in [-0.2, 0) is 6.54 Å². The molecular formula is C21H26N4O3S. The molecule has 2 N–H and O–H groups in total. The number of non-ortho nitro benzene ring substituents is 1. The monoisotopic (exact) mass is 414 g/mol. The Morgan fingerprint density at radius 2 is 2.07 bits per heavy atom. The second-order valence-corrected chi connectivity index (χ2v) is 7.72. The Balaban J connectivity index is 1.70. The predicted octanol–water partition coefficient (Wildman–Crippen LogP) is 3.91. The van der Waals surface area contributed by atoms with E-state index in [1.165, 1.54) is 12.1 Å². The minimum absolute atomic E-state index is 0.0880. The molecule has 7 nitrogen and oxygen atoms in total. The van der Waals surface area contributed by atoms with Crippen molar-refractivity contribution in [1.29, 1.82) is 0 Å². The van der Waals surface area contributed by atoms with Crippen LogP contribution in [0.4, 0.5) is 5.69 Å². The molecule has 8 heteroatoms. The summed E-state index contributed by atoms with van der Waals surface area (Å²) in [5.41, 5.74) is 2.14. The number of hydrogen-bond donors (Lipinski definition) is 2. The van der Waals surface area contributed by atoms with Crippen molar-refractivity contribution in [2.45, 2.75) is 25.4 Å². The number of nitro groups is 1. The smallest absolute Gasteiger partial charge is 0.269 e.